The van der Waals surface area contributed by atoms with Gasteiger partial charge in [0.25, 0.3) is 0 Å². The lowest BCUT2D eigenvalue weighted by molar-refractivity contribution is -0.124. The number of amides is 1. The van der Waals surface area contributed by atoms with E-state index in [4.69, 9.17) is 5.73 Å². The third-order valence-electron chi connectivity index (χ3n) is 4.01. The summed E-state index contributed by atoms with van der Waals surface area (Å²) < 4.78 is 0. The molecule has 2 atom stereocenters. The maximum absolute atomic E-state index is 11.9. The van der Waals surface area contributed by atoms with Gasteiger partial charge < -0.3 is 16.0 Å². The molecule has 6 heteroatoms. The Kier molecular flexibility index (Phi) is 10.2. The molecule has 1 saturated carbocycles. The monoisotopic (exact) mass is 347 g/mol. The molecular weight excluding hydrogens is 321 g/mol. The Labute approximate surface area is 145 Å². The third kappa shape index (κ3) is 6.42. The van der Waals surface area contributed by atoms with E-state index >= 15 is 0 Å². The number of carbonyl (C=O) groups is 1. The fourth-order valence-corrected chi connectivity index (χ4v) is 2.74. The van der Waals surface area contributed by atoms with E-state index in [2.05, 4.69) is 29.4 Å². The summed E-state index contributed by atoms with van der Waals surface area (Å²) in [6, 6.07) is 10.5. The number of anilines is 1. The van der Waals surface area contributed by atoms with Crippen LogP contribution in [0.5, 0.6) is 0 Å². The van der Waals surface area contributed by atoms with Gasteiger partial charge in [0.1, 0.15) is 0 Å². The molecule has 3 N–H and O–H groups in total. The smallest absolute Gasteiger partial charge is 0.223 e. The topological polar surface area (TPSA) is 58.4 Å². The normalized spacial score (nSPS) is 19.7. The summed E-state index contributed by atoms with van der Waals surface area (Å²) in [5, 5.41) is 3.03. The molecule has 22 heavy (non-hydrogen) atoms. The molecule has 2 rings (SSSR count). The lowest BCUT2D eigenvalue weighted by atomic mass is 10.1. The summed E-state index contributed by atoms with van der Waals surface area (Å²) in [5.74, 6) is 0.317. The number of nitrogens with one attached hydrogen (secondary N) is 1. The molecule has 1 aromatic carbocycles. The van der Waals surface area contributed by atoms with Crippen LogP contribution < -0.4 is 16.0 Å². The number of rotatable bonds is 6. The van der Waals surface area contributed by atoms with Crippen molar-refractivity contribution in [2.24, 2.45) is 11.7 Å². The molecule has 1 amide bonds. The maximum Gasteiger partial charge on any atom is 0.223 e. The molecular formula is C16H27Cl2N3O. The van der Waals surface area contributed by atoms with Crippen molar-refractivity contribution in [2.75, 3.05) is 25.0 Å². The van der Waals surface area contributed by atoms with Gasteiger partial charge in [-0.3, -0.25) is 4.79 Å². The number of halogens is 2. The fourth-order valence-electron chi connectivity index (χ4n) is 2.74. The average molecular weight is 348 g/mol. The van der Waals surface area contributed by atoms with E-state index in [-0.39, 0.29) is 42.7 Å². The number of benzene rings is 1. The number of carbonyl (C=O) groups excluding carboxylic acids is 1. The predicted molar refractivity (Wildman–Crippen MR) is 97.2 cm³/mol. The van der Waals surface area contributed by atoms with Crippen molar-refractivity contribution in [3.05, 3.63) is 30.3 Å². The summed E-state index contributed by atoms with van der Waals surface area (Å²) in [4.78, 5) is 14.1. The first kappa shape index (κ1) is 21.0. The predicted octanol–water partition coefficient (Wildman–Crippen LogP) is 2.60. The Morgan fingerprint density at radius 2 is 1.95 bits per heavy atom. The molecule has 0 bridgehead atoms. The summed E-state index contributed by atoms with van der Waals surface area (Å²) in [5.41, 5.74) is 7.04. The Morgan fingerprint density at radius 1 is 1.27 bits per heavy atom. The van der Waals surface area contributed by atoms with Gasteiger partial charge in [-0.25, -0.2) is 0 Å². The van der Waals surface area contributed by atoms with Crippen LogP contribution in [-0.2, 0) is 4.79 Å². The van der Waals surface area contributed by atoms with Gasteiger partial charge in [0.15, 0.2) is 0 Å². The molecule has 0 aromatic heterocycles. The number of nitrogens with two attached hydrogens (primary N) is 1. The Balaban J connectivity index is 0.00000220. The molecule has 0 radical (unpaired) electrons. The molecule has 0 aliphatic heterocycles. The van der Waals surface area contributed by atoms with Gasteiger partial charge in [0.05, 0.1) is 0 Å². The molecule has 4 nitrogen and oxygen atoms in total. The second-order valence-corrected chi connectivity index (χ2v) is 5.67. The standard InChI is InChI=1S/C16H25N3O.2ClH/c1-19(15-6-3-2-4-7-15)11-5-10-18-16(20)13-8-9-14(17)12-13;;/h2-4,6-7,13-14H,5,8-12,17H2,1H3,(H,18,20);2*1H/t13-,14+;;/m0../s1. The van der Waals surface area contributed by atoms with E-state index in [1.807, 2.05) is 18.2 Å². The number of hydrogen-bond acceptors (Lipinski definition) is 3. The Morgan fingerprint density at radius 3 is 2.55 bits per heavy atom. The SMILES string of the molecule is CN(CCCNC(=O)[C@H]1CC[C@@H](N)C1)c1ccccc1.Cl.Cl. The summed E-state index contributed by atoms with van der Waals surface area (Å²) in [7, 11) is 2.08. The highest BCUT2D eigenvalue weighted by molar-refractivity contribution is 5.85. The van der Waals surface area contributed by atoms with Crippen molar-refractivity contribution in [1.82, 2.24) is 5.32 Å². The van der Waals surface area contributed by atoms with Crippen molar-refractivity contribution < 1.29 is 4.79 Å². The summed E-state index contributed by atoms with van der Waals surface area (Å²) in [6.07, 6.45) is 3.72. The van der Waals surface area contributed by atoms with Gasteiger partial charge in [-0.15, -0.1) is 24.8 Å². The second-order valence-electron chi connectivity index (χ2n) is 5.67. The largest absolute Gasteiger partial charge is 0.375 e. The van der Waals surface area contributed by atoms with Gasteiger partial charge in [0, 0.05) is 37.8 Å². The first-order chi connectivity index (χ1) is 9.66. The van der Waals surface area contributed by atoms with Crippen molar-refractivity contribution in [2.45, 2.75) is 31.7 Å². The van der Waals surface area contributed by atoms with Crippen LogP contribution in [0.3, 0.4) is 0 Å². The van der Waals surface area contributed by atoms with Crippen molar-refractivity contribution in [3.8, 4) is 0 Å². The van der Waals surface area contributed by atoms with Crippen LogP contribution in [0.1, 0.15) is 25.7 Å². The number of nitrogens with zero attached hydrogens (tertiary/aromatic N) is 1. The minimum absolute atomic E-state index is 0. The number of hydrogen-bond donors (Lipinski definition) is 2. The van der Waals surface area contributed by atoms with E-state index in [1.54, 1.807) is 0 Å². The zero-order chi connectivity index (χ0) is 14.4. The molecule has 1 aromatic rings. The highest BCUT2D eigenvalue weighted by Gasteiger charge is 2.27. The van der Waals surface area contributed by atoms with Crippen LogP contribution in [0.25, 0.3) is 0 Å². The van der Waals surface area contributed by atoms with Crippen LogP contribution in [0, 0.1) is 5.92 Å². The van der Waals surface area contributed by atoms with Crippen molar-refractivity contribution in [1.29, 1.82) is 0 Å². The Bertz CT molecular complexity index is 431. The molecule has 0 unspecified atom stereocenters. The van der Waals surface area contributed by atoms with Crippen LogP contribution in [0.4, 0.5) is 5.69 Å². The summed E-state index contributed by atoms with van der Waals surface area (Å²) in [6.45, 7) is 1.68. The minimum atomic E-state index is 0. The van der Waals surface area contributed by atoms with Gasteiger partial charge in [-0.05, 0) is 37.8 Å². The van der Waals surface area contributed by atoms with Crippen LogP contribution in [-0.4, -0.2) is 32.1 Å². The molecule has 0 saturated heterocycles. The first-order valence-electron chi connectivity index (χ1n) is 7.46. The molecule has 126 valence electrons. The number of para-hydroxylation sites is 1. The molecule has 0 spiro atoms. The van der Waals surface area contributed by atoms with Gasteiger partial charge in [-0.1, -0.05) is 18.2 Å². The Hall–Kier alpha value is -0.970. The molecule has 0 heterocycles. The highest BCUT2D eigenvalue weighted by atomic mass is 35.5. The highest BCUT2D eigenvalue weighted by Crippen LogP contribution is 2.23. The zero-order valence-corrected chi connectivity index (χ0v) is 14.7. The second kappa shape index (κ2) is 10.7. The van der Waals surface area contributed by atoms with Crippen molar-refractivity contribution in [3.63, 3.8) is 0 Å². The lowest BCUT2D eigenvalue weighted by Gasteiger charge is -2.19. The zero-order valence-electron chi connectivity index (χ0n) is 13.0. The van der Waals surface area contributed by atoms with E-state index in [9.17, 15) is 4.79 Å². The van der Waals surface area contributed by atoms with E-state index in [0.29, 0.717) is 0 Å². The molecule has 1 fully saturated rings. The van der Waals surface area contributed by atoms with Crippen LogP contribution >= 0.6 is 24.8 Å². The first-order valence-corrected chi connectivity index (χ1v) is 7.46. The molecule has 1 aliphatic rings. The van der Waals surface area contributed by atoms with Crippen molar-refractivity contribution >= 4 is 36.4 Å². The quantitative estimate of drug-likeness (QED) is 0.777. The van der Waals surface area contributed by atoms with Gasteiger partial charge in [-0.2, -0.15) is 0 Å². The maximum atomic E-state index is 11.9. The van der Waals surface area contributed by atoms with Crippen LogP contribution in [0.2, 0.25) is 0 Å². The van der Waals surface area contributed by atoms with Crippen LogP contribution in [0.15, 0.2) is 30.3 Å². The van der Waals surface area contributed by atoms with E-state index in [1.165, 1.54) is 5.69 Å². The summed E-state index contributed by atoms with van der Waals surface area (Å²) >= 11 is 0. The fraction of sp³-hybridized carbons (Fsp3) is 0.562. The van der Waals surface area contributed by atoms with Gasteiger partial charge >= 0.3 is 0 Å². The average Bonchev–Trinajstić information content (AvgIpc) is 2.91. The van der Waals surface area contributed by atoms with Gasteiger partial charge in [0.2, 0.25) is 5.91 Å². The third-order valence-corrected chi connectivity index (χ3v) is 4.01. The van der Waals surface area contributed by atoms with E-state index < -0.39 is 0 Å². The lowest BCUT2D eigenvalue weighted by Crippen LogP contribution is -2.32. The molecule has 1 aliphatic carbocycles. The minimum Gasteiger partial charge on any atom is -0.375 e. The van der Waals surface area contributed by atoms with E-state index in [0.717, 1.165) is 38.8 Å².